The molecule has 0 aliphatic rings. The van der Waals surface area contributed by atoms with E-state index in [9.17, 15) is 0 Å². The van der Waals surface area contributed by atoms with Crippen LogP contribution >= 0.6 is 0 Å². The summed E-state index contributed by atoms with van der Waals surface area (Å²) in [4.78, 5) is 0. The van der Waals surface area contributed by atoms with Crippen molar-refractivity contribution in [3.63, 3.8) is 0 Å². The number of ether oxygens (including phenoxy) is 3. The van der Waals surface area contributed by atoms with Gasteiger partial charge >= 0.3 is 0 Å². The molecule has 2 aromatic carbocycles. The van der Waals surface area contributed by atoms with Gasteiger partial charge in [-0.05, 0) is 36.4 Å². The van der Waals surface area contributed by atoms with Gasteiger partial charge in [0.15, 0.2) is 0 Å². The molecule has 0 amide bonds. The fourth-order valence-corrected chi connectivity index (χ4v) is 1.53. The number of anilines is 1. The van der Waals surface area contributed by atoms with Crippen LogP contribution in [0.4, 0.5) is 5.69 Å². The fraction of sp³-hybridized carbons (Fsp3) is 0.143. The molecule has 0 saturated heterocycles. The molecule has 4 heteroatoms. The molecule has 94 valence electrons. The molecule has 0 unspecified atom stereocenters. The van der Waals surface area contributed by atoms with Gasteiger partial charge in [0.25, 0.3) is 0 Å². The van der Waals surface area contributed by atoms with E-state index in [1.54, 1.807) is 32.4 Å². The highest BCUT2D eigenvalue weighted by atomic mass is 16.5. The zero-order valence-electron chi connectivity index (χ0n) is 10.3. The smallest absolute Gasteiger partial charge is 0.145 e. The lowest BCUT2D eigenvalue weighted by Gasteiger charge is -2.09. The van der Waals surface area contributed by atoms with Crippen LogP contribution in [-0.2, 0) is 0 Å². The number of nitrogen functional groups attached to an aromatic ring is 1. The predicted molar refractivity (Wildman–Crippen MR) is 70.5 cm³/mol. The van der Waals surface area contributed by atoms with E-state index in [1.807, 2.05) is 24.3 Å². The van der Waals surface area contributed by atoms with Crippen molar-refractivity contribution >= 4 is 5.69 Å². The summed E-state index contributed by atoms with van der Waals surface area (Å²) in [6, 6.07) is 12.6. The molecule has 0 heterocycles. The van der Waals surface area contributed by atoms with Crippen molar-refractivity contribution in [1.29, 1.82) is 0 Å². The summed E-state index contributed by atoms with van der Waals surface area (Å²) in [6.45, 7) is 0. The number of rotatable bonds is 4. The van der Waals surface area contributed by atoms with Crippen molar-refractivity contribution in [2.45, 2.75) is 0 Å². The van der Waals surface area contributed by atoms with Crippen LogP contribution in [0.25, 0.3) is 0 Å². The number of hydrogen-bond donors (Lipinski definition) is 1. The van der Waals surface area contributed by atoms with Gasteiger partial charge in [0.2, 0.25) is 0 Å². The molecule has 4 nitrogen and oxygen atoms in total. The summed E-state index contributed by atoms with van der Waals surface area (Å²) in [6.07, 6.45) is 0. The Kier molecular flexibility index (Phi) is 3.57. The maximum Gasteiger partial charge on any atom is 0.145 e. The van der Waals surface area contributed by atoms with Crippen molar-refractivity contribution < 1.29 is 14.2 Å². The van der Waals surface area contributed by atoms with Crippen molar-refractivity contribution in [2.75, 3.05) is 20.0 Å². The van der Waals surface area contributed by atoms with E-state index in [1.165, 1.54) is 0 Å². The van der Waals surface area contributed by atoms with E-state index in [-0.39, 0.29) is 0 Å². The molecule has 0 aliphatic heterocycles. The van der Waals surface area contributed by atoms with Crippen LogP contribution in [-0.4, -0.2) is 14.2 Å². The van der Waals surface area contributed by atoms with Gasteiger partial charge in [-0.15, -0.1) is 0 Å². The molecule has 18 heavy (non-hydrogen) atoms. The van der Waals surface area contributed by atoms with Crippen molar-refractivity contribution in [2.24, 2.45) is 0 Å². The number of hydrogen-bond acceptors (Lipinski definition) is 4. The summed E-state index contributed by atoms with van der Waals surface area (Å²) < 4.78 is 15.9. The third-order valence-corrected chi connectivity index (χ3v) is 2.50. The Morgan fingerprint density at radius 3 is 2.00 bits per heavy atom. The Bertz CT molecular complexity index is 523. The molecule has 0 bridgehead atoms. The van der Waals surface area contributed by atoms with Crippen LogP contribution in [0.2, 0.25) is 0 Å². The highest BCUT2D eigenvalue weighted by Crippen LogP contribution is 2.30. The first-order valence-corrected chi connectivity index (χ1v) is 5.48. The van der Waals surface area contributed by atoms with Gasteiger partial charge in [-0.25, -0.2) is 0 Å². The Morgan fingerprint density at radius 2 is 1.39 bits per heavy atom. The lowest BCUT2D eigenvalue weighted by molar-refractivity contribution is 0.408. The van der Waals surface area contributed by atoms with E-state index >= 15 is 0 Å². The zero-order chi connectivity index (χ0) is 13.0. The first-order valence-electron chi connectivity index (χ1n) is 5.48. The van der Waals surface area contributed by atoms with Crippen molar-refractivity contribution in [1.82, 2.24) is 0 Å². The molecule has 0 saturated carbocycles. The molecular weight excluding hydrogens is 230 g/mol. The van der Waals surface area contributed by atoms with Gasteiger partial charge < -0.3 is 19.9 Å². The quantitative estimate of drug-likeness (QED) is 0.841. The second kappa shape index (κ2) is 5.31. The van der Waals surface area contributed by atoms with Gasteiger partial charge in [0.1, 0.15) is 23.0 Å². The van der Waals surface area contributed by atoms with Crippen molar-refractivity contribution in [3.8, 4) is 23.0 Å². The third kappa shape index (κ3) is 2.66. The highest BCUT2D eigenvalue weighted by molar-refractivity contribution is 5.56. The highest BCUT2D eigenvalue weighted by Gasteiger charge is 2.03. The summed E-state index contributed by atoms with van der Waals surface area (Å²) in [7, 11) is 3.20. The fourth-order valence-electron chi connectivity index (χ4n) is 1.53. The Morgan fingerprint density at radius 1 is 0.778 bits per heavy atom. The summed E-state index contributed by atoms with van der Waals surface area (Å²) in [5.41, 5.74) is 6.32. The Labute approximate surface area is 106 Å². The molecule has 0 atom stereocenters. The largest absolute Gasteiger partial charge is 0.497 e. The van der Waals surface area contributed by atoms with Crippen molar-refractivity contribution in [3.05, 3.63) is 42.5 Å². The van der Waals surface area contributed by atoms with Gasteiger partial charge in [0, 0.05) is 6.07 Å². The predicted octanol–water partition coefficient (Wildman–Crippen LogP) is 3.08. The number of benzene rings is 2. The minimum Gasteiger partial charge on any atom is -0.497 e. The zero-order valence-corrected chi connectivity index (χ0v) is 10.3. The number of methoxy groups -OCH3 is 2. The van der Waals surface area contributed by atoms with Crippen LogP contribution in [0.3, 0.4) is 0 Å². The SMILES string of the molecule is COc1ccc(Oc2ccc(N)c(OC)c2)cc1. The second-order valence-corrected chi connectivity index (χ2v) is 3.68. The number of nitrogens with two attached hydrogens (primary N) is 1. The molecule has 0 aliphatic carbocycles. The molecule has 2 rings (SSSR count). The standard InChI is InChI=1S/C14H15NO3/c1-16-10-3-5-11(6-4-10)18-12-7-8-13(15)14(9-12)17-2/h3-9H,15H2,1-2H3. The van der Waals surface area contributed by atoms with E-state index in [4.69, 9.17) is 19.9 Å². The van der Waals surface area contributed by atoms with E-state index in [0.717, 1.165) is 11.5 Å². The second-order valence-electron chi connectivity index (χ2n) is 3.68. The molecule has 0 radical (unpaired) electrons. The molecule has 2 N–H and O–H groups in total. The van der Waals surface area contributed by atoms with Gasteiger partial charge in [-0.3, -0.25) is 0 Å². The molecular formula is C14H15NO3. The first kappa shape index (κ1) is 12.1. The summed E-state index contributed by atoms with van der Waals surface area (Å²) in [5, 5.41) is 0. The van der Waals surface area contributed by atoms with Crippen LogP contribution in [0.1, 0.15) is 0 Å². The van der Waals surface area contributed by atoms with Crippen LogP contribution in [0.15, 0.2) is 42.5 Å². The topological polar surface area (TPSA) is 53.7 Å². The minimum absolute atomic E-state index is 0.583. The average Bonchev–Trinajstić information content (AvgIpc) is 2.42. The molecule has 0 spiro atoms. The lowest BCUT2D eigenvalue weighted by atomic mass is 10.2. The Balaban J connectivity index is 2.17. The monoisotopic (exact) mass is 245 g/mol. The molecule has 0 fully saturated rings. The van der Waals surface area contributed by atoms with E-state index in [2.05, 4.69) is 0 Å². The van der Waals surface area contributed by atoms with E-state index in [0.29, 0.717) is 17.2 Å². The normalized spacial score (nSPS) is 9.89. The van der Waals surface area contributed by atoms with Crippen LogP contribution in [0, 0.1) is 0 Å². The summed E-state index contributed by atoms with van der Waals surface area (Å²) in [5.74, 6) is 2.78. The first-order chi connectivity index (χ1) is 8.72. The van der Waals surface area contributed by atoms with Crippen LogP contribution in [0.5, 0.6) is 23.0 Å². The molecule has 2 aromatic rings. The lowest BCUT2D eigenvalue weighted by Crippen LogP contribution is -1.93. The molecule has 0 aromatic heterocycles. The van der Waals surface area contributed by atoms with Crippen LogP contribution < -0.4 is 19.9 Å². The summed E-state index contributed by atoms with van der Waals surface area (Å²) >= 11 is 0. The Hall–Kier alpha value is -2.36. The van der Waals surface area contributed by atoms with Gasteiger partial charge in [-0.1, -0.05) is 0 Å². The average molecular weight is 245 g/mol. The maximum absolute atomic E-state index is 5.73. The van der Waals surface area contributed by atoms with Gasteiger partial charge in [-0.2, -0.15) is 0 Å². The maximum atomic E-state index is 5.73. The third-order valence-electron chi connectivity index (χ3n) is 2.50. The van der Waals surface area contributed by atoms with Gasteiger partial charge in [0.05, 0.1) is 19.9 Å². The minimum atomic E-state index is 0.583. The van der Waals surface area contributed by atoms with E-state index < -0.39 is 0 Å².